The molecule has 0 spiro atoms. The van der Waals surface area contributed by atoms with E-state index in [1.807, 2.05) is 0 Å². The molecule has 0 saturated carbocycles. The van der Waals surface area contributed by atoms with Crippen LogP contribution in [0.25, 0.3) is 0 Å². The molecule has 4 rings (SSSR count). The molecule has 0 atom stereocenters. The quantitative estimate of drug-likeness (QED) is 0.228. The molecule has 0 N–H and O–H groups in total. The second-order valence-corrected chi connectivity index (χ2v) is 9.52. The molecule has 0 aromatic heterocycles. The summed E-state index contributed by atoms with van der Waals surface area (Å²) in [6, 6.07) is 42.3. The van der Waals surface area contributed by atoms with Crippen molar-refractivity contribution < 1.29 is 45.2 Å². The van der Waals surface area contributed by atoms with Crippen LogP contribution in [0.1, 0.15) is 26.7 Å². The maximum absolute atomic E-state index is 2.18. The topological polar surface area (TPSA) is 0 Å². The Bertz CT molecular complexity index is 755. The normalized spacial score (nSPS) is 8.67. The minimum absolute atomic E-state index is 0. The monoisotopic (exact) mass is 606 g/mol. The number of hydrogen-bond donors (Lipinski definition) is 0. The van der Waals surface area contributed by atoms with Gasteiger partial charge in [-0.05, 0) is 21.2 Å². The number of benzene rings is 4. The zero-order chi connectivity index (χ0) is 21.3. The van der Waals surface area contributed by atoms with Crippen LogP contribution in [0.4, 0.5) is 0 Å². The van der Waals surface area contributed by atoms with Crippen LogP contribution in [0.2, 0.25) is 0 Å². The first kappa shape index (κ1) is 34.2. The molecule has 4 aromatic carbocycles. The molecule has 33 heavy (non-hydrogen) atoms. The third-order valence-electron chi connectivity index (χ3n) is 4.17. The van der Waals surface area contributed by atoms with Gasteiger partial charge in [0, 0.05) is 0 Å². The molecule has 0 saturated heterocycles. The van der Waals surface area contributed by atoms with E-state index in [2.05, 4.69) is 135 Å². The molecule has 0 aliphatic heterocycles. The third kappa shape index (κ3) is 16.3. The Hall–Kier alpha value is -1.02. The first-order valence-electron chi connectivity index (χ1n) is 10.6. The van der Waals surface area contributed by atoms with Crippen LogP contribution in [-0.2, 0) is 20.4 Å². The molecular formula is C28H32Cl2P2Pd. The maximum Gasteiger partial charge on any atom is 2.00 e. The average Bonchev–Trinajstić information content (AvgIpc) is 2.82. The maximum atomic E-state index is 2.18. The predicted octanol–water partition coefficient (Wildman–Crippen LogP) is 0.444. The van der Waals surface area contributed by atoms with Gasteiger partial charge in [0.1, 0.15) is 0 Å². The molecule has 0 amide bonds. The molecule has 4 aromatic rings. The van der Waals surface area contributed by atoms with Crippen LogP contribution in [0.5, 0.6) is 0 Å². The number of rotatable bonds is 5. The molecule has 5 heteroatoms. The van der Waals surface area contributed by atoms with Gasteiger partial charge in [-0.3, -0.25) is 0 Å². The van der Waals surface area contributed by atoms with Crippen LogP contribution < -0.4 is 46.0 Å². The van der Waals surface area contributed by atoms with E-state index >= 15 is 0 Å². The van der Waals surface area contributed by atoms with E-state index in [4.69, 9.17) is 0 Å². The van der Waals surface area contributed by atoms with Crippen LogP contribution in [0.15, 0.2) is 121 Å². The van der Waals surface area contributed by atoms with Crippen molar-refractivity contribution in [2.45, 2.75) is 26.7 Å². The van der Waals surface area contributed by atoms with Gasteiger partial charge in [-0.1, -0.05) is 165 Å². The van der Waals surface area contributed by atoms with Crippen molar-refractivity contribution in [1.29, 1.82) is 0 Å². The van der Waals surface area contributed by atoms with Crippen molar-refractivity contribution in [2.75, 3.05) is 0 Å². The Morgan fingerprint density at radius 3 is 0.727 bits per heavy atom. The summed E-state index contributed by atoms with van der Waals surface area (Å²) in [6.07, 6.45) is 2.64. The molecule has 0 aliphatic carbocycles. The van der Waals surface area contributed by atoms with E-state index in [-0.39, 0.29) is 45.2 Å². The summed E-state index contributed by atoms with van der Waals surface area (Å²) in [7, 11) is 1.55. The number of unbranched alkanes of at least 4 members (excludes halogenated alkanes) is 1. The SMILES string of the molecule is CCCC.[Cl-].[Cl-].[Pd+2].c1ccc(Pc2ccccc2)cc1.c1ccc(Pc2ccccc2)cc1. The zero-order valence-electron chi connectivity index (χ0n) is 19.0. The molecule has 0 heterocycles. The fourth-order valence-electron chi connectivity index (χ4n) is 2.42. The molecule has 0 aliphatic rings. The van der Waals surface area contributed by atoms with Crippen LogP contribution >= 0.6 is 17.2 Å². The van der Waals surface area contributed by atoms with Gasteiger partial charge in [0.05, 0.1) is 0 Å². The summed E-state index contributed by atoms with van der Waals surface area (Å²) in [5, 5.41) is 5.59. The van der Waals surface area contributed by atoms with Crippen LogP contribution in [0.3, 0.4) is 0 Å². The standard InChI is InChI=1S/2C12H11P.C4H10.2ClH.Pd/c2*1-3-7-11(8-4-1)13-12-9-5-2-6-10-12;1-3-4-2;;;/h2*1-10,13H;3-4H2,1-2H3;2*1H;/q;;;;;+2/p-2. The van der Waals surface area contributed by atoms with E-state index in [0.29, 0.717) is 0 Å². The van der Waals surface area contributed by atoms with Gasteiger partial charge < -0.3 is 24.8 Å². The van der Waals surface area contributed by atoms with Crippen LogP contribution in [-0.4, -0.2) is 0 Å². The van der Waals surface area contributed by atoms with E-state index in [1.54, 1.807) is 0 Å². The van der Waals surface area contributed by atoms with Crippen molar-refractivity contribution in [2.24, 2.45) is 0 Å². The Kier molecular flexibility index (Phi) is 23.6. The van der Waals surface area contributed by atoms with E-state index in [0.717, 1.165) is 17.2 Å². The van der Waals surface area contributed by atoms with Crippen molar-refractivity contribution in [3.63, 3.8) is 0 Å². The van der Waals surface area contributed by atoms with Gasteiger partial charge >= 0.3 is 20.4 Å². The summed E-state index contributed by atoms with van der Waals surface area (Å²) in [4.78, 5) is 0. The van der Waals surface area contributed by atoms with Crippen molar-refractivity contribution in [3.05, 3.63) is 121 Å². The minimum Gasteiger partial charge on any atom is -1.00 e. The van der Waals surface area contributed by atoms with Gasteiger partial charge in [-0.25, -0.2) is 0 Å². The summed E-state index contributed by atoms with van der Waals surface area (Å²) in [5.74, 6) is 0. The van der Waals surface area contributed by atoms with Crippen molar-refractivity contribution in [1.82, 2.24) is 0 Å². The largest absolute Gasteiger partial charge is 2.00 e. The molecule has 0 bridgehead atoms. The third-order valence-corrected chi connectivity index (χ3v) is 6.66. The van der Waals surface area contributed by atoms with Gasteiger partial charge in [0.25, 0.3) is 0 Å². The van der Waals surface area contributed by atoms with Crippen molar-refractivity contribution in [3.8, 4) is 0 Å². The predicted molar refractivity (Wildman–Crippen MR) is 142 cm³/mol. The van der Waals surface area contributed by atoms with Gasteiger partial charge in [0.2, 0.25) is 0 Å². The first-order valence-corrected chi connectivity index (χ1v) is 12.6. The Morgan fingerprint density at radius 2 is 0.576 bits per heavy atom. The van der Waals surface area contributed by atoms with Crippen LogP contribution in [0, 0.1) is 0 Å². The molecule has 0 unspecified atom stereocenters. The Morgan fingerprint density at radius 1 is 0.394 bits per heavy atom. The second kappa shape index (κ2) is 22.8. The minimum atomic E-state index is 0. The Labute approximate surface area is 230 Å². The molecule has 178 valence electrons. The molecule has 0 nitrogen and oxygen atoms in total. The van der Waals surface area contributed by atoms with Gasteiger partial charge in [0.15, 0.2) is 0 Å². The van der Waals surface area contributed by atoms with E-state index < -0.39 is 0 Å². The zero-order valence-corrected chi connectivity index (χ0v) is 24.1. The van der Waals surface area contributed by atoms with E-state index in [9.17, 15) is 0 Å². The first-order chi connectivity index (χ1) is 14.8. The smallest absolute Gasteiger partial charge is 1.00 e. The Balaban J connectivity index is 0. The molecular weight excluding hydrogens is 576 g/mol. The molecule has 0 fully saturated rings. The van der Waals surface area contributed by atoms with Gasteiger partial charge in [-0.15, -0.1) is 0 Å². The van der Waals surface area contributed by atoms with Crippen molar-refractivity contribution >= 4 is 38.4 Å². The number of hydrogen-bond acceptors (Lipinski definition) is 0. The number of halogens is 2. The fraction of sp³-hybridized carbons (Fsp3) is 0.143. The second-order valence-electron chi connectivity index (χ2n) is 6.71. The fourth-order valence-corrected chi connectivity index (χ4v) is 4.52. The van der Waals surface area contributed by atoms with E-state index in [1.165, 1.54) is 34.1 Å². The summed E-state index contributed by atoms with van der Waals surface area (Å²) < 4.78 is 0. The van der Waals surface area contributed by atoms with Gasteiger partial charge in [-0.2, -0.15) is 0 Å². The summed E-state index contributed by atoms with van der Waals surface area (Å²) in [5.41, 5.74) is 0. The summed E-state index contributed by atoms with van der Waals surface area (Å²) >= 11 is 0. The molecule has 0 radical (unpaired) electrons. The average molecular weight is 608 g/mol. The summed E-state index contributed by atoms with van der Waals surface area (Å²) in [6.45, 7) is 4.36.